The molecule has 1 aromatic carbocycles. The summed E-state index contributed by atoms with van der Waals surface area (Å²) < 4.78 is 4.98. The second kappa shape index (κ2) is 4.86. The quantitative estimate of drug-likeness (QED) is 0.760. The Hall–Kier alpha value is -2.40. The largest absolute Gasteiger partial charge is 0.361 e. The highest BCUT2D eigenvalue weighted by Crippen LogP contribution is 2.41. The van der Waals surface area contributed by atoms with E-state index in [1.54, 1.807) is 37.3 Å². The number of aromatic nitrogens is 1. The zero-order chi connectivity index (χ0) is 15.1. The van der Waals surface area contributed by atoms with E-state index in [4.69, 9.17) is 16.1 Å². The summed E-state index contributed by atoms with van der Waals surface area (Å²) in [5.74, 6) is -0.219. The molecule has 0 saturated heterocycles. The Labute approximate surface area is 125 Å². The lowest BCUT2D eigenvalue weighted by atomic mass is 10.1. The topological polar surface area (TPSA) is 63.4 Å². The SMILES string of the molecule is CC(=O)N1C(=O)/C(=C(/Cl)c2cc(C)on2)c2ccccc21. The predicted molar refractivity (Wildman–Crippen MR) is 78.5 cm³/mol. The van der Waals surface area contributed by atoms with Gasteiger partial charge in [-0.15, -0.1) is 0 Å². The Morgan fingerprint density at radius 3 is 2.67 bits per heavy atom. The van der Waals surface area contributed by atoms with Gasteiger partial charge in [0.15, 0.2) is 0 Å². The van der Waals surface area contributed by atoms with Crippen molar-refractivity contribution in [1.29, 1.82) is 0 Å². The van der Waals surface area contributed by atoms with Crippen LogP contribution in [-0.4, -0.2) is 17.0 Å². The van der Waals surface area contributed by atoms with Gasteiger partial charge in [0.2, 0.25) is 5.91 Å². The van der Waals surface area contributed by atoms with Crippen molar-refractivity contribution in [2.75, 3.05) is 4.90 Å². The highest BCUT2D eigenvalue weighted by molar-refractivity contribution is 6.60. The molecule has 5 nitrogen and oxygen atoms in total. The lowest BCUT2D eigenvalue weighted by Crippen LogP contribution is -2.31. The number of anilines is 1. The summed E-state index contributed by atoms with van der Waals surface area (Å²) in [5.41, 5.74) is 1.78. The molecule has 2 heterocycles. The molecular formula is C15H11ClN2O3. The van der Waals surface area contributed by atoms with E-state index in [-0.39, 0.29) is 16.5 Å². The van der Waals surface area contributed by atoms with Crippen LogP contribution in [0, 0.1) is 6.92 Å². The second-order valence-electron chi connectivity index (χ2n) is 4.69. The smallest absolute Gasteiger partial charge is 0.267 e. The molecule has 0 aliphatic carbocycles. The average Bonchev–Trinajstić information content (AvgIpc) is 2.98. The van der Waals surface area contributed by atoms with E-state index < -0.39 is 5.91 Å². The number of rotatable bonds is 1. The van der Waals surface area contributed by atoms with Crippen LogP contribution >= 0.6 is 11.6 Å². The average molecular weight is 303 g/mol. The molecule has 0 saturated carbocycles. The summed E-state index contributed by atoms with van der Waals surface area (Å²) in [6.07, 6.45) is 0. The molecule has 0 fully saturated rings. The lowest BCUT2D eigenvalue weighted by Gasteiger charge is -2.11. The van der Waals surface area contributed by atoms with E-state index >= 15 is 0 Å². The van der Waals surface area contributed by atoms with Crippen molar-refractivity contribution >= 4 is 39.7 Å². The molecule has 106 valence electrons. The molecule has 1 aliphatic heterocycles. The van der Waals surface area contributed by atoms with Crippen LogP contribution in [0.3, 0.4) is 0 Å². The molecule has 21 heavy (non-hydrogen) atoms. The highest BCUT2D eigenvalue weighted by atomic mass is 35.5. The molecular weight excluding hydrogens is 292 g/mol. The maximum absolute atomic E-state index is 12.5. The van der Waals surface area contributed by atoms with Crippen molar-refractivity contribution in [3.63, 3.8) is 0 Å². The Bertz CT molecular complexity index is 792. The molecule has 0 radical (unpaired) electrons. The van der Waals surface area contributed by atoms with Gasteiger partial charge in [0.05, 0.1) is 16.3 Å². The van der Waals surface area contributed by atoms with Crippen LogP contribution in [0.5, 0.6) is 0 Å². The molecule has 2 amide bonds. The summed E-state index contributed by atoms with van der Waals surface area (Å²) in [6, 6.07) is 8.65. The van der Waals surface area contributed by atoms with Crippen molar-refractivity contribution in [2.45, 2.75) is 13.8 Å². The molecule has 1 aromatic heterocycles. The third-order valence-electron chi connectivity index (χ3n) is 3.22. The van der Waals surface area contributed by atoms with Crippen LogP contribution in [0.2, 0.25) is 0 Å². The number of benzene rings is 1. The first kappa shape index (κ1) is 13.6. The molecule has 1 aliphatic rings. The van der Waals surface area contributed by atoms with Gasteiger partial charge < -0.3 is 4.52 Å². The van der Waals surface area contributed by atoms with E-state index in [1.165, 1.54) is 6.92 Å². The molecule has 2 aromatic rings. The maximum atomic E-state index is 12.5. The first-order valence-electron chi connectivity index (χ1n) is 6.28. The zero-order valence-electron chi connectivity index (χ0n) is 11.4. The Morgan fingerprint density at radius 2 is 2.05 bits per heavy atom. The number of aryl methyl sites for hydroxylation is 1. The van der Waals surface area contributed by atoms with Gasteiger partial charge in [0, 0.05) is 18.6 Å². The van der Waals surface area contributed by atoms with Crippen LogP contribution in [0.4, 0.5) is 5.69 Å². The fourth-order valence-electron chi connectivity index (χ4n) is 2.34. The summed E-state index contributed by atoms with van der Waals surface area (Å²) in [7, 11) is 0. The number of nitrogens with zero attached hydrogens (tertiary/aromatic N) is 2. The maximum Gasteiger partial charge on any atom is 0.267 e. The number of imide groups is 1. The van der Waals surface area contributed by atoms with Crippen LogP contribution < -0.4 is 4.90 Å². The van der Waals surface area contributed by atoms with Gasteiger partial charge in [0.1, 0.15) is 11.5 Å². The van der Waals surface area contributed by atoms with Gasteiger partial charge in [0.25, 0.3) is 5.91 Å². The van der Waals surface area contributed by atoms with Crippen LogP contribution in [0.25, 0.3) is 10.6 Å². The fourth-order valence-corrected chi connectivity index (χ4v) is 2.61. The molecule has 6 heteroatoms. The molecule has 0 atom stereocenters. The summed E-state index contributed by atoms with van der Waals surface area (Å²) in [5, 5.41) is 3.99. The monoisotopic (exact) mass is 302 g/mol. The third-order valence-corrected chi connectivity index (χ3v) is 3.60. The number of carbonyl (C=O) groups is 2. The normalized spacial score (nSPS) is 16.1. The Balaban J connectivity index is 2.24. The van der Waals surface area contributed by atoms with Crippen molar-refractivity contribution in [1.82, 2.24) is 5.16 Å². The number of hydrogen-bond donors (Lipinski definition) is 0. The minimum Gasteiger partial charge on any atom is -0.361 e. The van der Waals surface area contributed by atoms with Gasteiger partial charge in [-0.1, -0.05) is 35.0 Å². The van der Waals surface area contributed by atoms with Gasteiger partial charge in [-0.25, -0.2) is 4.90 Å². The van der Waals surface area contributed by atoms with Crippen LogP contribution in [-0.2, 0) is 9.59 Å². The summed E-state index contributed by atoms with van der Waals surface area (Å²) in [6.45, 7) is 3.07. The van der Waals surface area contributed by atoms with Crippen LogP contribution in [0.1, 0.15) is 23.9 Å². The lowest BCUT2D eigenvalue weighted by molar-refractivity contribution is -0.122. The summed E-state index contributed by atoms with van der Waals surface area (Å²) >= 11 is 6.32. The van der Waals surface area contributed by atoms with E-state index in [9.17, 15) is 9.59 Å². The Kier molecular flexibility index (Phi) is 3.14. The van der Waals surface area contributed by atoms with Crippen molar-refractivity contribution in [3.8, 4) is 0 Å². The molecule has 0 bridgehead atoms. The van der Waals surface area contributed by atoms with Gasteiger partial charge >= 0.3 is 0 Å². The van der Waals surface area contributed by atoms with E-state index in [2.05, 4.69) is 5.16 Å². The summed E-state index contributed by atoms with van der Waals surface area (Å²) in [4.78, 5) is 25.4. The Morgan fingerprint density at radius 1 is 1.33 bits per heavy atom. The van der Waals surface area contributed by atoms with Crippen molar-refractivity contribution < 1.29 is 14.1 Å². The number of para-hydroxylation sites is 1. The number of fused-ring (bicyclic) bond motifs is 1. The van der Waals surface area contributed by atoms with Crippen LogP contribution in [0.15, 0.2) is 34.9 Å². The number of amides is 2. The second-order valence-corrected chi connectivity index (χ2v) is 5.07. The minimum atomic E-state index is -0.450. The van der Waals surface area contributed by atoms with Gasteiger partial charge in [-0.05, 0) is 13.0 Å². The van der Waals surface area contributed by atoms with Gasteiger partial charge in [-0.3, -0.25) is 9.59 Å². The minimum absolute atomic E-state index is 0.174. The number of hydrogen-bond acceptors (Lipinski definition) is 4. The standard InChI is InChI=1S/C15H11ClN2O3/c1-8-7-11(17-21-8)14(16)13-10-5-3-4-6-12(10)18(9(2)19)15(13)20/h3-7H,1-2H3/b14-13+. The van der Waals surface area contributed by atoms with E-state index in [0.717, 1.165) is 4.90 Å². The third kappa shape index (κ3) is 2.06. The van der Waals surface area contributed by atoms with Gasteiger partial charge in [-0.2, -0.15) is 0 Å². The van der Waals surface area contributed by atoms with E-state index in [1.807, 2.05) is 0 Å². The predicted octanol–water partition coefficient (Wildman–Crippen LogP) is 2.98. The number of halogens is 1. The van der Waals surface area contributed by atoms with Crippen molar-refractivity contribution in [3.05, 3.63) is 47.3 Å². The zero-order valence-corrected chi connectivity index (χ0v) is 12.1. The van der Waals surface area contributed by atoms with Crippen molar-refractivity contribution in [2.24, 2.45) is 0 Å². The highest BCUT2D eigenvalue weighted by Gasteiger charge is 2.37. The fraction of sp³-hybridized carbons (Fsp3) is 0.133. The molecule has 3 rings (SSSR count). The first-order valence-corrected chi connectivity index (χ1v) is 6.66. The molecule has 0 N–H and O–H groups in total. The van der Waals surface area contributed by atoms with E-state index in [0.29, 0.717) is 22.7 Å². The number of carbonyl (C=O) groups excluding carboxylic acids is 2. The molecule has 0 spiro atoms. The molecule has 0 unspecified atom stereocenters. The first-order chi connectivity index (χ1) is 10.0.